The highest BCUT2D eigenvalue weighted by atomic mass is 16.2. The molecule has 1 saturated heterocycles. The highest BCUT2D eigenvalue weighted by Gasteiger charge is 2.37. The fraction of sp³-hybridized carbons (Fsp3) is 0.400. The molecule has 0 spiro atoms. The summed E-state index contributed by atoms with van der Waals surface area (Å²) in [4.78, 5) is 24.1. The van der Waals surface area contributed by atoms with Gasteiger partial charge in [-0.15, -0.1) is 0 Å². The fourth-order valence-electron chi connectivity index (χ4n) is 1.70. The van der Waals surface area contributed by atoms with Crippen LogP contribution in [0.15, 0.2) is 23.3 Å². The van der Waals surface area contributed by atoms with Gasteiger partial charge in [-0.2, -0.15) is 0 Å². The molecule has 0 bridgehead atoms. The van der Waals surface area contributed by atoms with Crippen LogP contribution in [0.5, 0.6) is 0 Å². The number of hydrogen-bond donors (Lipinski definition) is 0. The Hall–Kier alpha value is -1.38. The Kier molecular flexibility index (Phi) is 1.62. The van der Waals surface area contributed by atoms with E-state index >= 15 is 0 Å². The Balaban J connectivity index is 2.49. The first-order valence-corrected chi connectivity index (χ1v) is 4.36. The van der Waals surface area contributed by atoms with Crippen LogP contribution in [0.2, 0.25) is 0 Å². The number of allylic oxidation sites excluding steroid dienone is 2. The lowest BCUT2D eigenvalue weighted by Gasteiger charge is -2.09. The molecule has 1 heterocycles. The van der Waals surface area contributed by atoms with Gasteiger partial charge in [0.2, 0.25) is 0 Å². The van der Waals surface area contributed by atoms with Crippen molar-refractivity contribution in [2.45, 2.75) is 13.3 Å². The predicted molar refractivity (Wildman–Crippen MR) is 47.7 cm³/mol. The molecule has 13 heavy (non-hydrogen) atoms. The lowest BCUT2D eigenvalue weighted by atomic mass is 9.93. The maximum atomic E-state index is 11.5. The van der Waals surface area contributed by atoms with Gasteiger partial charge in [-0.05, 0) is 12.3 Å². The number of carbonyl (C=O) groups is 2. The molecule has 1 atom stereocenters. The van der Waals surface area contributed by atoms with Gasteiger partial charge < -0.3 is 0 Å². The van der Waals surface area contributed by atoms with Gasteiger partial charge in [0.1, 0.15) is 0 Å². The molecule has 0 N–H and O–H groups in total. The molecule has 1 aliphatic heterocycles. The number of carbonyl (C=O) groups excluding carboxylic acids is 2. The average molecular weight is 177 g/mol. The summed E-state index contributed by atoms with van der Waals surface area (Å²) in [7, 11) is 1.52. The van der Waals surface area contributed by atoms with Crippen LogP contribution in [0.1, 0.15) is 13.3 Å². The van der Waals surface area contributed by atoms with Crippen molar-refractivity contribution in [2.24, 2.45) is 5.92 Å². The maximum Gasteiger partial charge on any atom is 0.260 e. The molecule has 0 saturated carbocycles. The van der Waals surface area contributed by atoms with Crippen LogP contribution in [0.25, 0.3) is 0 Å². The number of fused-ring (bicyclic) bond motifs is 1. The summed E-state index contributed by atoms with van der Waals surface area (Å²) < 4.78 is 0. The highest BCUT2D eigenvalue weighted by Crippen LogP contribution is 2.30. The van der Waals surface area contributed by atoms with Crippen molar-refractivity contribution in [3.8, 4) is 0 Å². The van der Waals surface area contributed by atoms with E-state index in [0.717, 1.165) is 6.42 Å². The van der Waals surface area contributed by atoms with Crippen LogP contribution >= 0.6 is 0 Å². The molecule has 1 unspecified atom stereocenters. The molecule has 0 radical (unpaired) electrons. The van der Waals surface area contributed by atoms with Crippen LogP contribution in [-0.2, 0) is 9.59 Å². The van der Waals surface area contributed by atoms with Gasteiger partial charge in [0, 0.05) is 18.2 Å². The lowest BCUT2D eigenvalue weighted by molar-refractivity contribution is -0.134. The minimum absolute atomic E-state index is 0.164. The van der Waals surface area contributed by atoms with E-state index in [-0.39, 0.29) is 11.8 Å². The zero-order valence-electron chi connectivity index (χ0n) is 7.70. The Bertz CT molecular complexity index is 352. The minimum Gasteiger partial charge on any atom is -0.277 e. The summed E-state index contributed by atoms with van der Waals surface area (Å²) in [6, 6.07) is 0. The van der Waals surface area contributed by atoms with E-state index in [1.165, 1.54) is 11.9 Å². The molecule has 2 amide bonds. The highest BCUT2D eigenvalue weighted by molar-refractivity contribution is 6.24. The second-order valence-corrected chi connectivity index (χ2v) is 3.58. The first-order valence-electron chi connectivity index (χ1n) is 4.36. The monoisotopic (exact) mass is 177 g/mol. The molecule has 3 nitrogen and oxygen atoms in total. The standard InChI is InChI=1S/C10H11NO2/c1-6-3-4-7-8(5-6)10(13)11(2)9(7)12/h4-6H,3H2,1-2H3. The fourth-order valence-corrected chi connectivity index (χ4v) is 1.70. The number of hydrogen-bond acceptors (Lipinski definition) is 2. The van der Waals surface area contributed by atoms with Crippen molar-refractivity contribution in [2.75, 3.05) is 7.05 Å². The van der Waals surface area contributed by atoms with Gasteiger partial charge in [0.15, 0.2) is 0 Å². The first kappa shape index (κ1) is 8.23. The van der Waals surface area contributed by atoms with Gasteiger partial charge in [0.25, 0.3) is 11.8 Å². The number of amides is 2. The molecule has 2 aliphatic rings. The van der Waals surface area contributed by atoms with Crippen molar-refractivity contribution in [3.05, 3.63) is 23.3 Å². The quantitative estimate of drug-likeness (QED) is 0.515. The van der Waals surface area contributed by atoms with Crippen LogP contribution in [-0.4, -0.2) is 23.8 Å². The Morgan fingerprint density at radius 1 is 1.31 bits per heavy atom. The zero-order valence-corrected chi connectivity index (χ0v) is 7.70. The van der Waals surface area contributed by atoms with Crippen LogP contribution in [0.3, 0.4) is 0 Å². The molecule has 0 aromatic carbocycles. The van der Waals surface area contributed by atoms with Crippen LogP contribution in [0, 0.1) is 5.92 Å². The molecule has 2 rings (SSSR count). The average Bonchev–Trinajstić information content (AvgIpc) is 2.32. The zero-order chi connectivity index (χ0) is 9.59. The normalized spacial score (nSPS) is 27.2. The minimum atomic E-state index is -0.164. The van der Waals surface area contributed by atoms with Crippen molar-refractivity contribution in [1.29, 1.82) is 0 Å². The summed E-state index contributed by atoms with van der Waals surface area (Å²) in [5, 5.41) is 0. The van der Waals surface area contributed by atoms with E-state index in [2.05, 4.69) is 0 Å². The van der Waals surface area contributed by atoms with Gasteiger partial charge in [0.05, 0.1) is 0 Å². The van der Waals surface area contributed by atoms with Crippen LogP contribution in [0.4, 0.5) is 0 Å². The Morgan fingerprint density at radius 3 is 2.62 bits per heavy atom. The molecule has 0 aromatic rings. The van der Waals surface area contributed by atoms with E-state index in [4.69, 9.17) is 0 Å². The topological polar surface area (TPSA) is 37.4 Å². The number of likely N-dealkylation sites (N-methyl/N-ethyl adjacent to an activating group) is 1. The summed E-state index contributed by atoms with van der Waals surface area (Å²) >= 11 is 0. The second-order valence-electron chi connectivity index (χ2n) is 3.58. The summed E-state index contributed by atoms with van der Waals surface area (Å²) in [5.74, 6) is 0.0351. The number of rotatable bonds is 0. The van der Waals surface area contributed by atoms with Gasteiger partial charge in [-0.3, -0.25) is 14.5 Å². The van der Waals surface area contributed by atoms with E-state index in [0.29, 0.717) is 17.1 Å². The third kappa shape index (κ3) is 1.03. The number of likely N-dealkylation sites (tertiary alicyclic amines) is 1. The van der Waals surface area contributed by atoms with E-state index < -0.39 is 0 Å². The first-order chi connectivity index (χ1) is 6.11. The van der Waals surface area contributed by atoms with Crippen molar-refractivity contribution < 1.29 is 9.59 Å². The van der Waals surface area contributed by atoms with Crippen LogP contribution < -0.4 is 0 Å². The molecule has 0 aromatic heterocycles. The maximum absolute atomic E-state index is 11.5. The second kappa shape index (κ2) is 2.55. The third-order valence-corrected chi connectivity index (χ3v) is 2.51. The van der Waals surface area contributed by atoms with Crippen molar-refractivity contribution in [3.63, 3.8) is 0 Å². The molecule has 3 heteroatoms. The largest absolute Gasteiger partial charge is 0.277 e. The van der Waals surface area contributed by atoms with E-state index in [1.54, 1.807) is 0 Å². The molecule has 1 fully saturated rings. The molecular weight excluding hydrogens is 166 g/mol. The molecular formula is C10H11NO2. The van der Waals surface area contributed by atoms with Crippen molar-refractivity contribution in [1.82, 2.24) is 4.90 Å². The van der Waals surface area contributed by atoms with Gasteiger partial charge >= 0.3 is 0 Å². The molecule has 1 aliphatic carbocycles. The molecule has 68 valence electrons. The van der Waals surface area contributed by atoms with E-state index in [9.17, 15) is 9.59 Å². The van der Waals surface area contributed by atoms with Gasteiger partial charge in [-0.25, -0.2) is 0 Å². The third-order valence-electron chi connectivity index (χ3n) is 2.51. The Labute approximate surface area is 76.7 Å². The van der Waals surface area contributed by atoms with Crippen molar-refractivity contribution >= 4 is 11.8 Å². The van der Waals surface area contributed by atoms with E-state index in [1.807, 2.05) is 19.1 Å². The number of nitrogens with zero attached hydrogens (tertiary/aromatic N) is 1. The summed E-state index contributed by atoms with van der Waals surface area (Å²) in [5.41, 5.74) is 1.18. The SMILES string of the molecule is CC1C=C2C(=O)N(C)C(=O)C2=CC1. The predicted octanol–water partition coefficient (Wildman–Crippen LogP) is 0.878. The Morgan fingerprint density at radius 2 is 1.92 bits per heavy atom. The number of imide groups is 1. The smallest absolute Gasteiger partial charge is 0.260 e. The van der Waals surface area contributed by atoms with Gasteiger partial charge in [-0.1, -0.05) is 19.1 Å². The summed E-state index contributed by atoms with van der Waals surface area (Å²) in [6.45, 7) is 2.04. The summed E-state index contributed by atoms with van der Waals surface area (Å²) in [6.07, 6.45) is 4.61. The lowest BCUT2D eigenvalue weighted by Crippen LogP contribution is -2.24.